The molecular weight excluding hydrogens is 390 g/mol. The molecule has 7 heteroatoms. The molecule has 6 nitrogen and oxygen atoms in total. The predicted molar refractivity (Wildman–Crippen MR) is 115 cm³/mol. The minimum atomic E-state index is -0.100. The van der Waals surface area contributed by atoms with E-state index in [0.29, 0.717) is 28.6 Å². The third kappa shape index (κ3) is 5.71. The van der Waals surface area contributed by atoms with Crippen LogP contribution in [0.1, 0.15) is 28.8 Å². The summed E-state index contributed by atoms with van der Waals surface area (Å²) in [5, 5.41) is 6.58. The fraction of sp³-hybridized carbons (Fsp3) is 0.364. The maximum absolute atomic E-state index is 12.5. The summed E-state index contributed by atoms with van der Waals surface area (Å²) < 4.78 is 5.31. The van der Waals surface area contributed by atoms with Gasteiger partial charge in [-0.3, -0.25) is 14.5 Å². The SMILES string of the molecule is COc1cc(Cl)c(C)cc1NC(=O)CN1CCC(NC(=O)c2ccccc2)CC1. The molecule has 2 N–H and O–H groups in total. The molecule has 0 unspecified atom stereocenters. The molecule has 1 fully saturated rings. The van der Waals surface area contributed by atoms with Crippen molar-refractivity contribution in [3.63, 3.8) is 0 Å². The molecule has 2 amide bonds. The highest BCUT2D eigenvalue weighted by Crippen LogP contribution is 2.30. The van der Waals surface area contributed by atoms with Crippen molar-refractivity contribution in [2.75, 3.05) is 32.1 Å². The van der Waals surface area contributed by atoms with Crippen LogP contribution in [0.25, 0.3) is 0 Å². The number of carbonyl (C=O) groups is 2. The van der Waals surface area contributed by atoms with Crippen LogP contribution in [-0.2, 0) is 4.79 Å². The molecular formula is C22H26ClN3O3. The summed E-state index contributed by atoms with van der Waals surface area (Å²) >= 11 is 6.11. The molecule has 2 aromatic carbocycles. The van der Waals surface area contributed by atoms with Crippen LogP contribution in [0.5, 0.6) is 5.75 Å². The zero-order chi connectivity index (χ0) is 20.8. The van der Waals surface area contributed by atoms with Gasteiger partial charge < -0.3 is 15.4 Å². The van der Waals surface area contributed by atoms with Crippen molar-refractivity contribution < 1.29 is 14.3 Å². The molecule has 3 rings (SSSR count). The monoisotopic (exact) mass is 415 g/mol. The van der Waals surface area contributed by atoms with Crippen LogP contribution in [0, 0.1) is 6.92 Å². The lowest BCUT2D eigenvalue weighted by Crippen LogP contribution is -2.46. The van der Waals surface area contributed by atoms with Gasteiger partial charge in [0.1, 0.15) is 5.75 Å². The molecule has 0 bridgehead atoms. The lowest BCUT2D eigenvalue weighted by atomic mass is 10.0. The molecule has 0 aromatic heterocycles. The number of halogens is 1. The third-order valence-corrected chi connectivity index (χ3v) is 5.49. The average Bonchev–Trinajstić information content (AvgIpc) is 2.72. The van der Waals surface area contributed by atoms with Crippen molar-refractivity contribution >= 4 is 29.1 Å². The Balaban J connectivity index is 1.48. The molecule has 1 aliphatic rings. The summed E-state index contributed by atoms with van der Waals surface area (Å²) in [7, 11) is 1.55. The first-order valence-electron chi connectivity index (χ1n) is 9.68. The van der Waals surface area contributed by atoms with Gasteiger partial charge in [-0.25, -0.2) is 0 Å². The number of nitrogens with one attached hydrogen (secondary N) is 2. The van der Waals surface area contributed by atoms with E-state index < -0.39 is 0 Å². The van der Waals surface area contributed by atoms with Gasteiger partial charge in [-0.2, -0.15) is 0 Å². The number of carbonyl (C=O) groups excluding carboxylic acids is 2. The second kappa shape index (κ2) is 9.76. The van der Waals surface area contributed by atoms with E-state index >= 15 is 0 Å². The van der Waals surface area contributed by atoms with E-state index in [1.54, 1.807) is 13.2 Å². The van der Waals surface area contributed by atoms with Gasteiger partial charge in [0, 0.05) is 35.8 Å². The van der Waals surface area contributed by atoms with Crippen LogP contribution in [0.4, 0.5) is 5.69 Å². The minimum Gasteiger partial charge on any atom is -0.495 e. The number of piperidine rings is 1. The van der Waals surface area contributed by atoms with Crippen molar-refractivity contribution in [1.29, 1.82) is 0 Å². The molecule has 0 radical (unpaired) electrons. The van der Waals surface area contributed by atoms with Crippen molar-refractivity contribution in [2.45, 2.75) is 25.8 Å². The zero-order valence-corrected chi connectivity index (χ0v) is 17.5. The summed E-state index contributed by atoms with van der Waals surface area (Å²) in [5.74, 6) is 0.389. The summed E-state index contributed by atoms with van der Waals surface area (Å²) in [4.78, 5) is 26.8. The normalized spacial score (nSPS) is 15.0. The van der Waals surface area contributed by atoms with Crippen LogP contribution >= 0.6 is 11.6 Å². The van der Waals surface area contributed by atoms with Gasteiger partial charge in [0.25, 0.3) is 5.91 Å². The molecule has 1 aliphatic heterocycles. The zero-order valence-electron chi connectivity index (χ0n) is 16.7. The number of methoxy groups -OCH3 is 1. The van der Waals surface area contributed by atoms with Crippen LogP contribution < -0.4 is 15.4 Å². The predicted octanol–water partition coefficient (Wildman–Crippen LogP) is 3.49. The summed E-state index contributed by atoms with van der Waals surface area (Å²) in [6.45, 7) is 3.68. The smallest absolute Gasteiger partial charge is 0.251 e. The highest BCUT2D eigenvalue weighted by atomic mass is 35.5. The Kier molecular flexibility index (Phi) is 7.12. The Morgan fingerprint density at radius 1 is 1.17 bits per heavy atom. The van der Waals surface area contributed by atoms with Crippen LogP contribution in [0.2, 0.25) is 5.02 Å². The summed E-state index contributed by atoms with van der Waals surface area (Å²) in [6.07, 6.45) is 1.63. The van der Waals surface area contributed by atoms with Crippen LogP contribution in [0.3, 0.4) is 0 Å². The number of likely N-dealkylation sites (tertiary alicyclic amines) is 1. The van der Waals surface area contributed by atoms with E-state index in [1.807, 2.05) is 43.3 Å². The quantitative estimate of drug-likeness (QED) is 0.757. The van der Waals surface area contributed by atoms with Gasteiger partial charge in [-0.15, -0.1) is 0 Å². The Hall–Kier alpha value is -2.57. The highest BCUT2D eigenvalue weighted by Gasteiger charge is 2.23. The van der Waals surface area contributed by atoms with Gasteiger partial charge in [-0.1, -0.05) is 29.8 Å². The molecule has 154 valence electrons. The number of hydrogen-bond acceptors (Lipinski definition) is 4. The molecule has 29 heavy (non-hydrogen) atoms. The van der Waals surface area contributed by atoms with Gasteiger partial charge in [0.2, 0.25) is 5.91 Å². The maximum Gasteiger partial charge on any atom is 0.251 e. The number of ether oxygens (including phenoxy) is 1. The molecule has 1 saturated heterocycles. The van der Waals surface area contributed by atoms with E-state index in [-0.39, 0.29) is 17.9 Å². The second-order valence-electron chi connectivity index (χ2n) is 7.24. The maximum atomic E-state index is 12.5. The molecule has 0 atom stereocenters. The molecule has 2 aromatic rings. The van der Waals surface area contributed by atoms with E-state index in [2.05, 4.69) is 15.5 Å². The van der Waals surface area contributed by atoms with E-state index in [9.17, 15) is 9.59 Å². The first-order chi connectivity index (χ1) is 14.0. The number of hydrogen-bond donors (Lipinski definition) is 2. The standard InChI is InChI=1S/C22H26ClN3O3/c1-15-12-19(20(29-2)13-18(15)23)25-21(27)14-26-10-8-17(9-11-26)24-22(28)16-6-4-3-5-7-16/h3-7,12-13,17H,8-11,14H2,1-2H3,(H,24,28)(H,25,27). The Bertz CT molecular complexity index is 865. The molecule has 0 saturated carbocycles. The van der Waals surface area contributed by atoms with Gasteiger partial charge in [-0.05, 0) is 43.5 Å². The largest absolute Gasteiger partial charge is 0.495 e. The lowest BCUT2D eigenvalue weighted by molar-refractivity contribution is -0.117. The minimum absolute atomic E-state index is 0.0491. The third-order valence-electron chi connectivity index (χ3n) is 5.08. The summed E-state index contributed by atoms with van der Waals surface area (Å²) in [5.41, 5.74) is 2.16. The van der Waals surface area contributed by atoms with Crippen molar-refractivity contribution in [3.05, 3.63) is 58.6 Å². The fourth-order valence-electron chi connectivity index (χ4n) is 3.42. The van der Waals surface area contributed by atoms with E-state index in [0.717, 1.165) is 31.5 Å². The Labute approximate surface area is 176 Å². The fourth-order valence-corrected chi connectivity index (χ4v) is 3.57. The first kappa shape index (κ1) is 21.1. The van der Waals surface area contributed by atoms with Gasteiger partial charge >= 0.3 is 0 Å². The van der Waals surface area contributed by atoms with Crippen molar-refractivity contribution in [2.24, 2.45) is 0 Å². The lowest BCUT2D eigenvalue weighted by Gasteiger charge is -2.31. The van der Waals surface area contributed by atoms with Crippen LogP contribution in [-0.4, -0.2) is 49.5 Å². The topological polar surface area (TPSA) is 70.7 Å². The van der Waals surface area contributed by atoms with E-state index in [1.165, 1.54) is 0 Å². The molecule has 1 heterocycles. The average molecular weight is 416 g/mol. The van der Waals surface area contributed by atoms with Gasteiger partial charge in [0.05, 0.1) is 19.3 Å². The van der Waals surface area contributed by atoms with Crippen LogP contribution in [0.15, 0.2) is 42.5 Å². The van der Waals surface area contributed by atoms with Crippen molar-refractivity contribution in [1.82, 2.24) is 10.2 Å². The highest BCUT2D eigenvalue weighted by molar-refractivity contribution is 6.31. The number of rotatable bonds is 6. The van der Waals surface area contributed by atoms with E-state index in [4.69, 9.17) is 16.3 Å². The van der Waals surface area contributed by atoms with Crippen molar-refractivity contribution in [3.8, 4) is 5.75 Å². The number of nitrogens with zero attached hydrogens (tertiary/aromatic N) is 1. The number of benzene rings is 2. The second-order valence-corrected chi connectivity index (χ2v) is 7.65. The Morgan fingerprint density at radius 3 is 2.52 bits per heavy atom. The molecule has 0 aliphatic carbocycles. The number of aryl methyl sites for hydroxylation is 1. The first-order valence-corrected chi connectivity index (χ1v) is 10.1. The summed E-state index contributed by atoms with van der Waals surface area (Å²) in [6, 6.07) is 12.9. The number of amides is 2. The van der Waals surface area contributed by atoms with Gasteiger partial charge in [0.15, 0.2) is 0 Å². The Morgan fingerprint density at radius 2 is 1.86 bits per heavy atom. The number of anilines is 1. The molecule has 0 spiro atoms.